The lowest BCUT2D eigenvalue weighted by Gasteiger charge is -2.13. The minimum atomic E-state index is 0.495. The standard InChI is InChI=1S/C18H15ClN2S/c1-2-13-8-6-7-11-15(13)16-17(19)20-12-21-18(16)22-14-9-4-3-5-10-14/h3-12H,2H2,1H3. The van der Waals surface area contributed by atoms with Gasteiger partial charge >= 0.3 is 0 Å². The number of nitrogens with zero attached hydrogens (tertiary/aromatic N) is 2. The monoisotopic (exact) mass is 326 g/mol. The molecule has 3 aromatic rings. The molecule has 0 saturated heterocycles. The van der Waals surface area contributed by atoms with E-state index in [4.69, 9.17) is 11.6 Å². The van der Waals surface area contributed by atoms with Crippen LogP contribution in [0.25, 0.3) is 11.1 Å². The summed E-state index contributed by atoms with van der Waals surface area (Å²) in [6, 6.07) is 18.4. The fraction of sp³-hybridized carbons (Fsp3) is 0.111. The van der Waals surface area contributed by atoms with Gasteiger partial charge in [-0.1, -0.05) is 72.8 Å². The minimum Gasteiger partial charge on any atom is -0.229 e. The molecule has 0 radical (unpaired) electrons. The fourth-order valence-corrected chi connectivity index (χ4v) is 3.54. The number of rotatable bonds is 4. The minimum absolute atomic E-state index is 0.495. The van der Waals surface area contributed by atoms with Crippen LogP contribution in [0.15, 0.2) is 70.8 Å². The number of halogens is 1. The van der Waals surface area contributed by atoms with Crippen molar-refractivity contribution >= 4 is 23.4 Å². The van der Waals surface area contributed by atoms with Crippen LogP contribution in [0.1, 0.15) is 12.5 Å². The van der Waals surface area contributed by atoms with E-state index in [2.05, 4.69) is 41.2 Å². The molecule has 0 unspecified atom stereocenters. The third-order valence-electron chi connectivity index (χ3n) is 3.39. The zero-order valence-electron chi connectivity index (χ0n) is 12.2. The molecule has 110 valence electrons. The Labute approximate surface area is 139 Å². The Bertz CT molecular complexity index is 775. The van der Waals surface area contributed by atoms with Gasteiger partial charge in [0.05, 0.1) is 5.56 Å². The van der Waals surface area contributed by atoms with Crippen LogP contribution in [0.5, 0.6) is 0 Å². The molecular formula is C18H15ClN2S. The first-order valence-electron chi connectivity index (χ1n) is 7.11. The van der Waals surface area contributed by atoms with Crippen molar-refractivity contribution in [2.75, 3.05) is 0 Å². The average Bonchev–Trinajstić information content (AvgIpc) is 2.56. The zero-order chi connectivity index (χ0) is 15.4. The summed E-state index contributed by atoms with van der Waals surface area (Å²) in [7, 11) is 0. The van der Waals surface area contributed by atoms with Gasteiger partial charge in [-0.2, -0.15) is 0 Å². The number of aryl methyl sites for hydroxylation is 1. The van der Waals surface area contributed by atoms with Gasteiger partial charge in [0.25, 0.3) is 0 Å². The summed E-state index contributed by atoms with van der Waals surface area (Å²) in [5.41, 5.74) is 3.26. The summed E-state index contributed by atoms with van der Waals surface area (Å²) in [5.74, 6) is 0. The molecule has 2 nitrogen and oxygen atoms in total. The summed E-state index contributed by atoms with van der Waals surface area (Å²) in [4.78, 5) is 9.76. The zero-order valence-corrected chi connectivity index (χ0v) is 13.7. The van der Waals surface area contributed by atoms with Crippen molar-refractivity contribution in [2.24, 2.45) is 0 Å². The topological polar surface area (TPSA) is 25.8 Å². The van der Waals surface area contributed by atoms with Crippen LogP contribution in [0.4, 0.5) is 0 Å². The first-order valence-corrected chi connectivity index (χ1v) is 8.30. The molecular weight excluding hydrogens is 312 g/mol. The molecule has 1 aromatic heterocycles. The molecule has 1 heterocycles. The lowest BCUT2D eigenvalue weighted by molar-refractivity contribution is 1.04. The molecule has 0 aliphatic rings. The van der Waals surface area contributed by atoms with Crippen molar-refractivity contribution in [2.45, 2.75) is 23.3 Å². The molecule has 0 fully saturated rings. The fourth-order valence-electron chi connectivity index (χ4n) is 2.33. The van der Waals surface area contributed by atoms with Gasteiger partial charge in [0, 0.05) is 4.90 Å². The van der Waals surface area contributed by atoms with Gasteiger partial charge in [-0.15, -0.1) is 0 Å². The Kier molecular flexibility index (Phi) is 4.76. The highest BCUT2D eigenvalue weighted by Crippen LogP contribution is 2.39. The summed E-state index contributed by atoms with van der Waals surface area (Å²) in [6.07, 6.45) is 2.46. The van der Waals surface area contributed by atoms with Crippen LogP contribution in [0.3, 0.4) is 0 Å². The second-order valence-electron chi connectivity index (χ2n) is 4.77. The smallest absolute Gasteiger partial charge is 0.141 e. The van der Waals surface area contributed by atoms with E-state index in [1.807, 2.05) is 30.3 Å². The van der Waals surface area contributed by atoms with Gasteiger partial charge in [-0.25, -0.2) is 9.97 Å². The van der Waals surface area contributed by atoms with Crippen LogP contribution >= 0.6 is 23.4 Å². The van der Waals surface area contributed by atoms with Crippen LogP contribution in [-0.2, 0) is 6.42 Å². The van der Waals surface area contributed by atoms with E-state index < -0.39 is 0 Å². The van der Waals surface area contributed by atoms with Crippen molar-refractivity contribution in [1.82, 2.24) is 9.97 Å². The van der Waals surface area contributed by atoms with Gasteiger partial charge in [-0.05, 0) is 29.7 Å². The second-order valence-corrected chi connectivity index (χ2v) is 6.19. The predicted octanol–water partition coefficient (Wildman–Crippen LogP) is 5.51. The van der Waals surface area contributed by atoms with Crippen molar-refractivity contribution in [3.05, 3.63) is 71.6 Å². The van der Waals surface area contributed by atoms with E-state index in [0.717, 1.165) is 27.5 Å². The molecule has 0 N–H and O–H groups in total. The molecule has 3 rings (SSSR count). The average molecular weight is 327 g/mol. The maximum absolute atomic E-state index is 6.39. The maximum atomic E-state index is 6.39. The molecule has 4 heteroatoms. The number of benzene rings is 2. The van der Waals surface area contributed by atoms with Crippen LogP contribution in [0, 0.1) is 0 Å². The quantitative estimate of drug-likeness (QED) is 0.591. The van der Waals surface area contributed by atoms with Crippen molar-refractivity contribution in [3.63, 3.8) is 0 Å². The van der Waals surface area contributed by atoms with Gasteiger partial charge in [0.2, 0.25) is 0 Å². The van der Waals surface area contributed by atoms with Crippen molar-refractivity contribution < 1.29 is 0 Å². The summed E-state index contributed by atoms with van der Waals surface area (Å²) < 4.78 is 0. The Morgan fingerprint density at radius 1 is 0.955 bits per heavy atom. The third-order valence-corrected chi connectivity index (χ3v) is 4.69. The summed E-state index contributed by atoms with van der Waals surface area (Å²) >= 11 is 8.00. The Morgan fingerprint density at radius 2 is 1.68 bits per heavy atom. The van der Waals surface area contributed by atoms with Gasteiger partial charge in [0.15, 0.2) is 0 Å². The SMILES string of the molecule is CCc1ccccc1-c1c(Cl)ncnc1Sc1ccccc1. The summed E-state index contributed by atoms with van der Waals surface area (Å²) in [5, 5.41) is 1.38. The first kappa shape index (κ1) is 15.1. The largest absolute Gasteiger partial charge is 0.229 e. The van der Waals surface area contributed by atoms with Gasteiger partial charge in [-0.3, -0.25) is 0 Å². The summed E-state index contributed by atoms with van der Waals surface area (Å²) in [6.45, 7) is 2.14. The number of hydrogen-bond donors (Lipinski definition) is 0. The predicted molar refractivity (Wildman–Crippen MR) is 92.4 cm³/mol. The molecule has 22 heavy (non-hydrogen) atoms. The van der Waals surface area contributed by atoms with Crippen molar-refractivity contribution in [1.29, 1.82) is 0 Å². The molecule has 2 aromatic carbocycles. The number of hydrogen-bond acceptors (Lipinski definition) is 3. The Balaban J connectivity index is 2.11. The molecule has 0 aliphatic heterocycles. The van der Waals surface area contributed by atoms with Crippen LogP contribution < -0.4 is 0 Å². The molecule has 0 atom stereocenters. The third kappa shape index (κ3) is 3.16. The second kappa shape index (κ2) is 6.95. The van der Waals surface area contributed by atoms with Crippen LogP contribution in [-0.4, -0.2) is 9.97 Å². The van der Waals surface area contributed by atoms with Gasteiger partial charge < -0.3 is 0 Å². The van der Waals surface area contributed by atoms with Gasteiger partial charge in [0.1, 0.15) is 16.5 Å². The van der Waals surface area contributed by atoms with E-state index in [-0.39, 0.29) is 0 Å². The molecule has 0 bridgehead atoms. The first-order chi connectivity index (χ1) is 10.8. The lowest BCUT2D eigenvalue weighted by atomic mass is 10.0. The van der Waals surface area contributed by atoms with E-state index in [1.165, 1.54) is 11.9 Å². The Hall–Kier alpha value is -1.84. The molecule has 0 amide bonds. The van der Waals surface area contributed by atoms with E-state index in [9.17, 15) is 0 Å². The van der Waals surface area contributed by atoms with E-state index >= 15 is 0 Å². The normalized spacial score (nSPS) is 10.6. The maximum Gasteiger partial charge on any atom is 0.141 e. The Morgan fingerprint density at radius 3 is 2.45 bits per heavy atom. The highest BCUT2D eigenvalue weighted by molar-refractivity contribution is 7.99. The highest BCUT2D eigenvalue weighted by atomic mass is 35.5. The highest BCUT2D eigenvalue weighted by Gasteiger charge is 2.15. The molecule has 0 saturated carbocycles. The molecule has 0 aliphatic carbocycles. The van der Waals surface area contributed by atoms with E-state index in [1.54, 1.807) is 11.8 Å². The number of aromatic nitrogens is 2. The lowest BCUT2D eigenvalue weighted by Crippen LogP contribution is -1.94. The van der Waals surface area contributed by atoms with E-state index in [0.29, 0.717) is 5.15 Å². The van der Waals surface area contributed by atoms with Crippen molar-refractivity contribution in [3.8, 4) is 11.1 Å². The van der Waals surface area contributed by atoms with Crippen LogP contribution in [0.2, 0.25) is 5.15 Å². The molecule has 0 spiro atoms.